The second-order valence-electron chi connectivity index (χ2n) is 6.84. The van der Waals surface area contributed by atoms with Gasteiger partial charge < -0.3 is 19.2 Å². The van der Waals surface area contributed by atoms with Gasteiger partial charge in [0.1, 0.15) is 16.3 Å². The maximum Gasteiger partial charge on any atom is 0.573 e. The summed E-state index contributed by atoms with van der Waals surface area (Å²) in [5.74, 6) is -0.409. The van der Waals surface area contributed by atoms with Crippen molar-refractivity contribution in [2.24, 2.45) is 0 Å². The van der Waals surface area contributed by atoms with Gasteiger partial charge >= 0.3 is 12.5 Å². The number of fused-ring (bicyclic) bond motifs is 3. The molecule has 3 fully saturated rings. The Kier molecular flexibility index (Phi) is 3.88. The molecule has 2 unspecified atom stereocenters. The molecule has 29 heavy (non-hydrogen) atoms. The Hall–Kier alpha value is -3.02. The van der Waals surface area contributed by atoms with E-state index in [0.29, 0.717) is 29.2 Å². The summed E-state index contributed by atoms with van der Waals surface area (Å²) in [4.78, 5) is 23.0. The number of amides is 1. The summed E-state index contributed by atoms with van der Waals surface area (Å²) >= 11 is 1.25. The van der Waals surface area contributed by atoms with E-state index in [4.69, 9.17) is 4.42 Å². The van der Waals surface area contributed by atoms with Crippen LogP contribution in [-0.2, 0) is 0 Å². The van der Waals surface area contributed by atoms with E-state index in [1.54, 1.807) is 11.6 Å². The Balaban J connectivity index is 1.53. The van der Waals surface area contributed by atoms with Gasteiger partial charge in [-0.25, -0.2) is 9.78 Å². The van der Waals surface area contributed by atoms with Crippen LogP contribution in [0.3, 0.4) is 0 Å². The minimum absolute atomic E-state index is 0.149. The van der Waals surface area contributed by atoms with Gasteiger partial charge in [0.15, 0.2) is 5.58 Å². The molecule has 1 N–H and O–H groups in total. The number of hydrogen-bond acceptors (Lipinski definition) is 7. The van der Waals surface area contributed by atoms with Crippen molar-refractivity contribution in [2.75, 3.05) is 18.0 Å². The minimum atomic E-state index is -4.84. The quantitative estimate of drug-likeness (QED) is 0.681. The van der Waals surface area contributed by atoms with Crippen molar-refractivity contribution in [1.82, 2.24) is 14.9 Å². The number of alkyl halides is 3. The third kappa shape index (κ3) is 3.12. The van der Waals surface area contributed by atoms with Crippen molar-refractivity contribution >= 4 is 34.5 Å². The standard InChI is InChI=1S/C17H13F3N4O4S/c18-17(19,20)28-10-4-11(14-21-1-2-29-14)13-12(5-10)22-15(27-13)23-6-8-3-9(7-23)24(8)16(25)26/h1-2,4-5,8-9H,3,6-7H2,(H,25,26). The van der Waals surface area contributed by atoms with Gasteiger partial charge in [-0.1, -0.05) is 0 Å². The van der Waals surface area contributed by atoms with Crippen molar-refractivity contribution < 1.29 is 32.2 Å². The topological polar surface area (TPSA) is 91.9 Å². The number of halogens is 3. The number of aromatic nitrogens is 2. The van der Waals surface area contributed by atoms with Crippen LogP contribution in [0.1, 0.15) is 6.42 Å². The number of hydrogen-bond donors (Lipinski definition) is 1. The summed E-state index contributed by atoms with van der Waals surface area (Å²) in [6.07, 6.45) is -3.48. The van der Waals surface area contributed by atoms with E-state index in [-0.39, 0.29) is 23.6 Å². The van der Waals surface area contributed by atoms with Gasteiger partial charge in [0.05, 0.1) is 17.6 Å². The van der Waals surface area contributed by atoms with E-state index in [1.807, 2.05) is 4.90 Å². The fourth-order valence-corrected chi connectivity index (χ4v) is 4.57. The highest BCUT2D eigenvalue weighted by Crippen LogP contribution is 2.40. The molecule has 12 heteroatoms. The predicted octanol–water partition coefficient (Wildman–Crippen LogP) is 3.79. The fraction of sp³-hybridized carbons (Fsp3) is 0.353. The first-order chi connectivity index (χ1) is 13.8. The van der Waals surface area contributed by atoms with Crippen LogP contribution in [0.4, 0.5) is 24.0 Å². The van der Waals surface area contributed by atoms with Crippen LogP contribution in [0.2, 0.25) is 0 Å². The first-order valence-corrected chi connectivity index (χ1v) is 9.53. The molecule has 3 aromatic rings. The molecule has 2 aromatic heterocycles. The van der Waals surface area contributed by atoms with Gasteiger partial charge in [-0.2, -0.15) is 4.98 Å². The Bertz CT molecular complexity index is 1070. The Morgan fingerprint density at radius 3 is 2.69 bits per heavy atom. The number of benzene rings is 1. The monoisotopic (exact) mass is 426 g/mol. The smallest absolute Gasteiger partial charge is 0.465 e. The normalized spacial score (nSPS) is 21.3. The van der Waals surface area contributed by atoms with Crippen molar-refractivity contribution in [3.05, 3.63) is 23.7 Å². The maximum absolute atomic E-state index is 12.7. The van der Waals surface area contributed by atoms with E-state index in [9.17, 15) is 23.1 Å². The molecule has 3 saturated heterocycles. The van der Waals surface area contributed by atoms with Crippen LogP contribution in [0.15, 0.2) is 28.1 Å². The van der Waals surface area contributed by atoms with Gasteiger partial charge in [0.25, 0.3) is 6.01 Å². The van der Waals surface area contributed by atoms with E-state index in [0.717, 1.165) is 6.42 Å². The zero-order valence-electron chi connectivity index (χ0n) is 14.6. The molecule has 3 aliphatic heterocycles. The molecule has 6 rings (SSSR count). The second kappa shape index (κ2) is 6.24. The number of nitrogens with zero attached hydrogens (tertiary/aromatic N) is 4. The van der Waals surface area contributed by atoms with E-state index in [2.05, 4.69) is 14.7 Å². The molecule has 0 saturated carbocycles. The maximum atomic E-state index is 12.7. The SMILES string of the molecule is O=C(O)N1C2CC1CN(c1nc3cc(OC(F)(F)F)cc(-c4nccs4)c3o1)C2. The molecule has 152 valence electrons. The van der Waals surface area contributed by atoms with Crippen molar-refractivity contribution in [2.45, 2.75) is 24.9 Å². The van der Waals surface area contributed by atoms with Crippen LogP contribution in [0, 0.1) is 0 Å². The molecule has 0 radical (unpaired) electrons. The van der Waals surface area contributed by atoms with Crippen molar-refractivity contribution in [1.29, 1.82) is 0 Å². The molecule has 0 aliphatic carbocycles. The Morgan fingerprint density at radius 1 is 1.31 bits per heavy atom. The summed E-state index contributed by atoms with van der Waals surface area (Å²) in [6, 6.07) is 2.33. The zero-order chi connectivity index (χ0) is 20.3. The molecule has 3 aliphatic rings. The highest BCUT2D eigenvalue weighted by molar-refractivity contribution is 7.13. The van der Waals surface area contributed by atoms with Gasteiger partial charge in [0, 0.05) is 30.7 Å². The lowest BCUT2D eigenvalue weighted by Gasteiger charge is -2.54. The summed E-state index contributed by atoms with van der Waals surface area (Å²) < 4.78 is 48.1. The van der Waals surface area contributed by atoms with Gasteiger partial charge in [-0.3, -0.25) is 4.90 Å². The van der Waals surface area contributed by atoms with Crippen LogP contribution in [-0.4, -0.2) is 57.6 Å². The highest BCUT2D eigenvalue weighted by atomic mass is 32.1. The summed E-state index contributed by atoms with van der Waals surface area (Å²) in [5, 5.41) is 11.4. The number of rotatable bonds is 3. The van der Waals surface area contributed by atoms with E-state index >= 15 is 0 Å². The number of piperidine rings is 1. The molecule has 1 aromatic carbocycles. The lowest BCUT2D eigenvalue weighted by atomic mass is 9.88. The lowest BCUT2D eigenvalue weighted by Crippen LogP contribution is -2.70. The third-order valence-electron chi connectivity index (χ3n) is 5.03. The Morgan fingerprint density at radius 2 is 2.07 bits per heavy atom. The lowest BCUT2D eigenvalue weighted by molar-refractivity contribution is -0.274. The van der Waals surface area contributed by atoms with Gasteiger partial charge in [-0.05, 0) is 12.5 Å². The first kappa shape index (κ1) is 18.0. The fourth-order valence-electron chi connectivity index (χ4n) is 3.92. The van der Waals surface area contributed by atoms with Crippen molar-refractivity contribution in [3.63, 3.8) is 0 Å². The van der Waals surface area contributed by atoms with Gasteiger partial charge in [0.2, 0.25) is 0 Å². The number of carboxylic acid groups (broad SMARTS) is 1. The number of anilines is 1. The number of carbonyl (C=O) groups is 1. The van der Waals surface area contributed by atoms with Crippen molar-refractivity contribution in [3.8, 4) is 16.3 Å². The molecule has 2 atom stereocenters. The summed E-state index contributed by atoms with van der Waals surface area (Å²) in [6.45, 7) is 0.822. The highest BCUT2D eigenvalue weighted by Gasteiger charge is 2.48. The Labute approximate surface area is 165 Å². The number of thiazole rings is 1. The molecular formula is C17H13F3N4O4S. The average Bonchev–Trinajstić information content (AvgIpc) is 3.29. The second-order valence-corrected chi connectivity index (χ2v) is 7.73. The number of oxazole rings is 1. The van der Waals surface area contributed by atoms with Crippen LogP contribution < -0.4 is 9.64 Å². The summed E-state index contributed by atoms with van der Waals surface area (Å²) in [5.41, 5.74) is 0.866. The zero-order valence-corrected chi connectivity index (χ0v) is 15.4. The number of piperazine rings is 1. The summed E-state index contributed by atoms with van der Waals surface area (Å²) in [7, 11) is 0. The molecule has 2 bridgehead atoms. The largest absolute Gasteiger partial charge is 0.573 e. The van der Waals surface area contributed by atoms with Crippen LogP contribution in [0.5, 0.6) is 5.75 Å². The third-order valence-corrected chi connectivity index (χ3v) is 5.84. The minimum Gasteiger partial charge on any atom is -0.465 e. The van der Waals surface area contributed by atoms with Crippen LogP contribution >= 0.6 is 11.3 Å². The first-order valence-electron chi connectivity index (χ1n) is 8.65. The number of ether oxygens (including phenoxy) is 1. The molecule has 8 nitrogen and oxygen atoms in total. The molecular weight excluding hydrogens is 413 g/mol. The molecule has 0 spiro atoms. The van der Waals surface area contributed by atoms with E-state index < -0.39 is 18.2 Å². The molecule has 5 heterocycles. The predicted molar refractivity (Wildman–Crippen MR) is 96.1 cm³/mol. The molecule has 1 amide bonds. The average molecular weight is 426 g/mol. The van der Waals surface area contributed by atoms with Crippen LogP contribution in [0.25, 0.3) is 21.7 Å². The van der Waals surface area contributed by atoms with E-state index in [1.165, 1.54) is 28.4 Å². The van der Waals surface area contributed by atoms with Gasteiger partial charge in [-0.15, -0.1) is 24.5 Å².